The smallest absolute Gasteiger partial charge is 0.184 e. The van der Waals surface area contributed by atoms with Crippen LogP contribution in [0.3, 0.4) is 0 Å². The summed E-state index contributed by atoms with van der Waals surface area (Å²) in [5, 5.41) is 12.7. The zero-order valence-corrected chi connectivity index (χ0v) is 13.5. The van der Waals surface area contributed by atoms with Gasteiger partial charge in [0.2, 0.25) is 0 Å². The van der Waals surface area contributed by atoms with Crippen LogP contribution in [0.1, 0.15) is 35.3 Å². The molecule has 4 heteroatoms. The quantitative estimate of drug-likeness (QED) is 0.736. The fourth-order valence-electron chi connectivity index (χ4n) is 2.43. The third kappa shape index (κ3) is 4.41. The molecule has 0 aliphatic rings. The van der Waals surface area contributed by atoms with E-state index >= 15 is 0 Å². The molecule has 0 aromatic heterocycles. The number of ether oxygens (including phenoxy) is 1. The molecule has 2 aromatic carbocycles. The molecule has 0 amide bonds. The van der Waals surface area contributed by atoms with Crippen molar-refractivity contribution in [3.05, 3.63) is 65.7 Å². The van der Waals surface area contributed by atoms with E-state index in [9.17, 15) is 9.90 Å². The Morgan fingerprint density at radius 2 is 1.78 bits per heavy atom. The molecule has 0 spiro atoms. The summed E-state index contributed by atoms with van der Waals surface area (Å²) in [5.41, 5.74) is 1.50. The van der Waals surface area contributed by atoms with E-state index in [1.807, 2.05) is 37.3 Å². The Balaban J connectivity index is 2.29. The molecule has 0 fully saturated rings. The topological polar surface area (TPSA) is 58.6 Å². The summed E-state index contributed by atoms with van der Waals surface area (Å²) >= 11 is 0. The maximum atomic E-state index is 12.9. The van der Waals surface area contributed by atoms with Gasteiger partial charge in [0.1, 0.15) is 5.75 Å². The monoisotopic (exact) mass is 313 g/mol. The molecular formula is C19H23NO3. The van der Waals surface area contributed by atoms with Gasteiger partial charge in [-0.3, -0.25) is 10.1 Å². The van der Waals surface area contributed by atoms with Crippen molar-refractivity contribution in [3.8, 4) is 5.75 Å². The molecule has 0 saturated heterocycles. The summed E-state index contributed by atoms with van der Waals surface area (Å²) in [7, 11) is 1.60. The standard InChI is InChI=1S/C19H23NO3/c1-3-16(13-21)20-18(14-7-5-4-6-8-14)19(22)15-9-11-17(23-2)12-10-15/h4-12,16,18,20-21H,3,13H2,1-2H3. The fourth-order valence-corrected chi connectivity index (χ4v) is 2.43. The van der Waals surface area contributed by atoms with Gasteiger partial charge in [0.05, 0.1) is 19.8 Å². The highest BCUT2D eigenvalue weighted by molar-refractivity contribution is 6.00. The normalized spacial score (nSPS) is 13.3. The van der Waals surface area contributed by atoms with Gasteiger partial charge in [-0.05, 0) is 36.2 Å². The maximum Gasteiger partial charge on any atom is 0.184 e. The number of carbonyl (C=O) groups excluding carboxylic acids is 1. The minimum atomic E-state index is -0.485. The number of rotatable bonds is 8. The van der Waals surface area contributed by atoms with Crippen molar-refractivity contribution >= 4 is 5.78 Å². The Kier molecular flexibility index (Phi) is 6.32. The minimum absolute atomic E-state index is 0.00424. The maximum absolute atomic E-state index is 12.9. The van der Waals surface area contributed by atoms with Crippen molar-refractivity contribution in [3.63, 3.8) is 0 Å². The largest absolute Gasteiger partial charge is 0.497 e. The molecule has 122 valence electrons. The van der Waals surface area contributed by atoms with Crippen LogP contribution in [0.5, 0.6) is 5.75 Å². The van der Waals surface area contributed by atoms with Crippen LogP contribution in [-0.2, 0) is 0 Å². The highest BCUT2D eigenvalue weighted by atomic mass is 16.5. The van der Waals surface area contributed by atoms with Crippen LogP contribution in [0.2, 0.25) is 0 Å². The van der Waals surface area contributed by atoms with Gasteiger partial charge >= 0.3 is 0 Å². The molecule has 2 atom stereocenters. The molecule has 4 nitrogen and oxygen atoms in total. The summed E-state index contributed by atoms with van der Waals surface area (Å²) in [5.74, 6) is 0.693. The summed E-state index contributed by atoms with van der Waals surface area (Å²) in [4.78, 5) is 12.9. The molecule has 2 rings (SSSR count). The summed E-state index contributed by atoms with van der Waals surface area (Å²) < 4.78 is 5.13. The number of methoxy groups -OCH3 is 1. The van der Waals surface area contributed by atoms with Crippen LogP contribution < -0.4 is 10.1 Å². The lowest BCUT2D eigenvalue weighted by Crippen LogP contribution is -2.39. The first-order valence-corrected chi connectivity index (χ1v) is 7.79. The minimum Gasteiger partial charge on any atom is -0.497 e. The van der Waals surface area contributed by atoms with Gasteiger partial charge < -0.3 is 9.84 Å². The molecule has 2 unspecified atom stereocenters. The molecule has 2 aromatic rings. The van der Waals surface area contributed by atoms with Crippen molar-refractivity contribution < 1.29 is 14.6 Å². The summed E-state index contributed by atoms with van der Waals surface area (Å²) in [6.07, 6.45) is 0.746. The number of aliphatic hydroxyl groups is 1. The number of Topliss-reactive ketones (excluding diaryl/α,β-unsaturated/α-hetero) is 1. The van der Waals surface area contributed by atoms with Crippen molar-refractivity contribution in [2.45, 2.75) is 25.4 Å². The van der Waals surface area contributed by atoms with Gasteiger partial charge in [0, 0.05) is 11.6 Å². The first kappa shape index (κ1) is 17.2. The van der Waals surface area contributed by atoms with Crippen LogP contribution >= 0.6 is 0 Å². The Morgan fingerprint density at radius 1 is 1.13 bits per heavy atom. The lowest BCUT2D eigenvalue weighted by atomic mass is 9.96. The van der Waals surface area contributed by atoms with Gasteiger partial charge in [0.25, 0.3) is 0 Å². The van der Waals surface area contributed by atoms with E-state index in [0.717, 1.165) is 12.0 Å². The average molecular weight is 313 g/mol. The van der Waals surface area contributed by atoms with Gasteiger partial charge in [-0.25, -0.2) is 0 Å². The van der Waals surface area contributed by atoms with Crippen molar-refractivity contribution in [1.82, 2.24) is 5.32 Å². The molecule has 0 radical (unpaired) electrons. The van der Waals surface area contributed by atoms with Crippen LogP contribution in [0.25, 0.3) is 0 Å². The number of aliphatic hydroxyl groups excluding tert-OH is 1. The molecule has 2 N–H and O–H groups in total. The Hall–Kier alpha value is -2.17. The first-order chi connectivity index (χ1) is 11.2. The Labute approximate surface area is 137 Å². The van der Waals surface area contributed by atoms with Gasteiger partial charge in [-0.15, -0.1) is 0 Å². The van der Waals surface area contributed by atoms with E-state index in [2.05, 4.69) is 5.32 Å². The Bertz CT molecular complexity index is 606. The van der Waals surface area contributed by atoms with Gasteiger partial charge in [0.15, 0.2) is 5.78 Å². The zero-order chi connectivity index (χ0) is 16.7. The highest BCUT2D eigenvalue weighted by Gasteiger charge is 2.24. The molecule has 0 heterocycles. The SMILES string of the molecule is CCC(CO)NC(C(=O)c1ccc(OC)cc1)c1ccccc1. The molecule has 0 aliphatic heterocycles. The summed E-state index contributed by atoms with van der Waals surface area (Å²) in [6, 6.07) is 16.0. The number of nitrogens with one attached hydrogen (secondary N) is 1. The van der Waals surface area contributed by atoms with E-state index in [-0.39, 0.29) is 18.4 Å². The lowest BCUT2D eigenvalue weighted by molar-refractivity contribution is 0.0926. The lowest BCUT2D eigenvalue weighted by Gasteiger charge is -2.23. The molecule has 0 bridgehead atoms. The second-order valence-corrected chi connectivity index (χ2v) is 5.39. The zero-order valence-electron chi connectivity index (χ0n) is 13.5. The van der Waals surface area contributed by atoms with Crippen LogP contribution in [0.15, 0.2) is 54.6 Å². The van der Waals surface area contributed by atoms with E-state index in [0.29, 0.717) is 11.3 Å². The predicted molar refractivity (Wildman–Crippen MR) is 90.8 cm³/mol. The van der Waals surface area contributed by atoms with E-state index in [1.54, 1.807) is 31.4 Å². The molecule has 23 heavy (non-hydrogen) atoms. The van der Waals surface area contributed by atoms with Crippen LogP contribution in [-0.4, -0.2) is 30.6 Å². The predicted octanol–water partition coefficient (Wildman–Crippen LogP) is 2.98. The number of carbonyl (C=O) groups is 1. The van der Waals surface area contributed by atoms with Gasteiger partial charge in [-0.2, -0.15) is 0 Å². The van der Waals surface area contributed by atoms with Crippen molar-refractivity contribution in [2.75, 3.05) is 13.7 Å². The average Bonchev–Trinajstić information content (AvgIpc) is 2.63. The van der Waals surface area contributed by atoms with Crippen molar-refractivity contribution in [2.24, 2.45) is 0 Å². The second kappa shape index (κ2) is 8.46. The molecule has 0 saturated carbocycles. The van der Waals surface area contributed by atoms with Gasteiger partial charge in [-0.1, -0.05) is 37.3 Å². The number of ketones is 1. The second-order valence-electron chi connectivity index (χ2n) is 5.39. The molecular weight excluding hydrogens is 290 g/mol. The molecule has 0 aliphatic carbocycles. The van der Waals surface area contributed by atoms with E-state index in [1.165, 1.54) is 0 Å². The third-order valence-electron chi connectivity index (χ3n) is 3.89. The van der Waals surface area contributed by atoms with Crippen LogP contribution in [0, 0.1) is 0 Å². The Morgan fingerprint density at radius 3 is 2.30 bits per heavy atom. The van der Waals surface area contributed by atoms with E-state index < -0.39 is 6.04 Å². The van der Waals surface area contributed by atoms with E-state index in [4.69, 9.17) is 4.74 Å². The highest BCUT2D eigenvalue weighted by Crippen LogP contribution is 2.21. The summed E-state index contributed by atoms with van der Waals surface area (Å²) in [6.45, 7) is 1.98. The fraction of sp³-hybridized carbons (Fsp3) is 0.316. The number of hydrogen-bond acceptors (Lipinski definition) is 4. The third-order valence-corrected chi connectivity index (χ3v) is 3.89. The first-order valence-electron chi connectivity index (χ1n) is 7.79. The van der Waals surface area contributed by atoms with Crippen molar-refractivity contribution in [1.29, 1.82) is 0 Å². The number of benzene rings is 2. The van der Waals surface area contributed by atoms with Crippen LogP contribution in [0.4, 0.5) is 0 Å². The number of hydrogen-bond donors (Lipinski definition) is 2.